The number of ether oxygens (including phenoxy) is 1. The number of benzene rings is 2. The number of carbonyl (C=O) groups excluding carboxylic acids is 1. The van der Waals surface area contributed by atoms with E-state index in [2.05, 4.69) is 0 Å². The Morgan fingerprint density at radius 3 is 2.33 bits per heavy atom. The van der Waals surface area contributed by atoms with Gasteiger partial charge in [0.2, 0.25) is 0 Å². The fourth-order valence-corrected chi connectivity index (χ4v) is 2.56. The van der Waals surface area contributed by atoms with Crippen molar-refractivity contribution in [3.8, 4) is 0 Å². The van der Waals surface area contributed by atoms with Crippen molar-refractivity contribution in [3.63, 3.8) is 0 Å². The largest absolute Gasteiger partial charge is 0.443 e. The van der Waals surface area contributed by atoms with E-state index in [0.29, 0.717) is 0 Å². The average Bonchev–Trinajstić information content (AvgIpc) is 2.91. The summed E-state index contributed by atoms with van der Waals surface area (Å²) in [5, 5.41) is 1.01. The van der Waals surface area contributed by atoms with Gasteiger partial charge in [-0.05, 0) is 44.5 Å². The second-order valence-corrected chi connectivity index (χ2v) is 6.69. The van der Waals surface area contributed by atoms with Gasteiger partial charge in [-0.15, -0.1) is 0 Å². The molecule has 0 saturated heterocycles. The molecule has 3 rings (SSSR count). The molecule has 0 aliphatic carbocycles. The van der Waals surface area contributed by atoms with Gasteiger partial charge in [0.1, 0.15) is 5.60 Å². The summed E-state index contributed by atoms with van der Waals surface area (Å²) in [6.45, 7) is 5.61. The topological polar surface area (TPSA) is 31.2 Å². The molecular weight excluding hydrogens is 298 g/mol. The predicted molar refractivity (Wildman–Crippen MR) is 98.9 cm³/mol. The molecule has 1 aromatic heterocycles. The maximum Gasteiger partial charge on any atom is 0.419 e. The summed E-state index contributed by atoms with van der Waals surface area (Å²) < 4.78 is 7.20. The molecule has 0 bridgehead atoms. The molecule has 3 aromatic rings. The summed E-state index contributed by atoms with van der Waals surface area (Å²) in [5.41, 5.74) is 2.19. The first-order chi connectivity index (χ1) is 11.4. The summed E-state index contributed by atoms with van der Waals surface area (Å²) in [4.78, 5) is 12.7. The first kappa shape index (κ1) is 16.1. The second-order valence-electron chi connectivity index (χ2n) is 6.69. The van der Waals surface area contributed by atoms with Gasteiger partial charge < -0.3 is 4.74 Å². The normalized spacial score (nSPS) is 12.0. The molecule has 0 aliphatic rings. The van der Waals surface area contributed by atoms with Crippen molar-refractivity contribution in [2.45, 2.75) is 26.4 Å². The van der Waals surface area contributed by atoms with Gasteiger partial charge in [0.05, 0.1) is 11.2 Å². The fourth-order valence-electron chi connectivity index (χ4n) is 2.56. The van der Waals surface area contributed by atoms with Crippen molar-refractivity contribution < 1.29 is 9.53 Å². The molecule has 0 unspecified atom stereocenters. The van der Waals surface area contributed by atoms with Gasteiger partial charge in [0.25, 0.3) is 0 Å². The monoisotopic (exact) mass is 319 g/mol. The predicted octanol–water partition coefficient (Wildman–Crippen LogP) is 5.59. The first-order valence-electron chi connectivity index (χ1n) is 8.01. The van der Waals surface area contributed by atoms with Crippen LogP contribution >= 0.6 is 0 Å². The van der Waals surface area contributed by atoms with Crippen LogP contribution in [0.25, 0.3) is 23.1 Å². The molecule has 0 amide bonds. The summed E-state index contributed by atoms with van der Waals surface area (Å²) in [6.07, 6.45) is 3.57. The Hall–Kier alpha value is -2.81. The van der Waals surface area contributed by atoms with Crippen LogP contribution in [-0.4, -0.2) is 16.3 Å². The van der Waals surface area contributed by atoms with E-state index in [-0.39, 0.29) is 6.09 Å². The molecule has 0 atom stereocenters. The Morgan fingerprint density at radius 2 is 1.62 bits per heavy atom. The molecular formula is C21H21NO2. The zero-order chi connectivity index (χ0) is 17.2. The van der Waals surface area contributed by atoms with Crippen LogP contribution < -0.4 is 0 Å². The van der Waals surface area contributed by atoms with Crippen LogP contribution in [0.5, 0.6) is 0 Å². The maximum atomic E-state index is 12.7. The van der Waals surface area contributed by atoms with Gasteiger partial charge in [-0.2, -0.15) is 0 Å². The second kappa shape index (κ2) is 6.36. The lowest BCUT2D eigenvalue weighted by molar-refractivity contribution is 0.0543. The lowest BCUT2D eigenvalue weighted by atomic mass is 10.2. The van der Waals surface area contributed by atoms with Crippen molar-refractivity contribution in [3.05, 3.63) is 71.9 Å². The lowest BCUT2D eigenvalue weighted by Crippen LogP contribution is -2.27. The Labute approximate surface area is 142 Å². The molecule has 0 radical (unpaired) electrons. The van der Waals surface area contributed by atoms with Gasteiger partial charge in [-0.3, -0.25) is 0 Å². The highest BCUT2D eigenvalue weighted by Gasteiger charge is 2.21. The number of carbonyl (C=O) groups is 1. The molecule has 122 valence electrons. The van der Waals surface area contributed by atoms with Crippen molar-refractivity contribution >= 4 is 29.1 Å². The molecule has 0 N–H and O–H groups in total. The van der Waals surface area contributed by atoms with Crippen LogP contribution in [0.2, 0.25) is 0 Å². The molecule has 0 fully saturated rings. The van der Waals surface area contributed by atoms with Crippen LogP contribution in [0.3, 0.4) is 0 Å². The Balaban J connectivity index is 2.05. The minimum Gasteiger partial charge on any atom is -0.443 e. The van der Waals surface area contributed by atoms with Crippen molar-refractivity contribution in [1.82, 2.24) is 4.57 Å². The number of para-hydroxylation sites is 1. The van der Waals surface area contributed by atoms with Gasteiger partial charge in [0.15, 0.2) is 0 Å². The number of hydrogen-bond acceptors (Lipinski definition) is 2. The van der Waals surface area contributed by atoms with Crippen LogP contribution in [0, 0.1) is 0 Å². The first-order valence-corrected chi connectivity index (χ1v) is 8.01. The van der Waals surface area contributed by atoms with E-state index in [4.69, 9.17) is 4.74 Å². The van der Waals surface area contributed by atoms with Crippen molar-refractivity contribution in [2.75, 3.05) is 0 Å². The standard InChI is InChI=1S/C21H21NO2/c1-21(2,3)24-20(23)22-18(14-13-16-9-5-4-6-10-16)15-17-11-7-8-12-19(17)22/h4-15H,1-3H3/b14-13+. The number of hydrogen-bond donors (Lipinski definition) is 0. The number of rotatable bonds is 2. The molecule has 3 nitrogen and oxygen atoms in total. The van der Waals surface area contributed by atoms with Gasteiger partial charge in [0, 0.05) is 5.39 Å². The Morgan fingerprint density at radius 1 is 0.958 bits per heavy atom. The minimum absolute atomic E-state index is 0.364. The van der Waals surface area contributed by atoms with E-state index >= 15 is 0 Å². The third kappa shape index (κ3) is 3.57. The Bertz CT molecular complexity index is 883. The Kier molecular flexibility index (Phi) is 4.26. The zero-order valence-corrected chi connectivity index (χ0v) is 14.2. The van der Waals surface area contributed by atoms with E-state index in [9.17, 15) is 4.79 Å². The number of aromatic nitrogens is 1. The summed E-state index contributed by atoms with van der Waals surface area (Å²) in [7, 11) is 0. The summed E-state index contributed by atoms with van der Waals surface area (Å²) >= 11 is 0. The highest BCUT2D eigenvalue weighted by atomic mass is 16.6. The lowest BCUT2D eigenvalue weighted by Gasteiger charge is -2.20. The SMILES string of the molecule is CC(C)(C)OC(=O)n1c(/C=C/c2ccccc2)cc2ccccc21. The molecule has 3 heteroatoms. The average molecular weight is 319 g/mol. The van der Waals surface area contributed by atoms with Crippen LogP contribution in [0.1, 0.15) is 32.0 Å². The van der Waals surface area contributed by atoms with E-state index in [1.807, 2.05) is 93.6 Å². The molecule has 24 heavy (non-hydrogen) atoms. The summed E-state index contributed by atoms with van der Waals surface area (Å²) in [5.74, 6) is 0. The fraction of sp³-hybridized carbons (Fsp3) is 0.190. The molecule has 0 saturated carbocycles. The van der Waals surface area contributed by atoms with E-state index < -0.39 is 5.60 Å². The smallest absolute Gasteiger partial charge is 0.419 e. The van der Waals surface area contributed by atoms with E-state index in [0.717, 1.165) is 22.2 Å². The van der Waals surface area contributed by atoms with E-state index in [1.165, 1.54) is 0 Å². The van der Waals surface area contributed by atoms with Gasteiger partial charge in [-0.1, -0.05) is 54.6 Å². The molecule has 0 spiro atoms. The number of nitrogens with zero attached hydrogens (tertiary/aromatic N) is 1. The third-order valence-electron chi connectivity index (χ3n) is 3.56. The highest BCUT2D eigenvalue weighted by Crippen LogP contribution is 2.23. The van der Waals surface area contributed by atoms with Crippen LogP contribution in [0.4, 0.5) is 4.79 Å². The number of fused-ring (bicyclic) bond motifs is 1. The highest BCUT2D eigenvalue weighted by molar-refractivity contribution is 5.94. The van der Waals surface area contributed by atoms with E-state index in [1.54, 1.807) is 4.57 Å². The maximum absolute atomic E-state index is 12.7. The zero-order valence-electron chi connectivity index (χ0n) is 14.2. The van der Waals surface area contributed by atoms with Crippen LogP contribution in [0.15, 0.2) is 60.7 Å². The van der Waals surface area contributed by atoms with Crippen molar-refractivity contribution in [1.29, 1.82) is 0 Å². The van der Waals surface area contributed by atoms with Gasteiger partial charge in [-0.25, -0.2) is 9.36 Å². The molecule has 1 heterocycles. The van der Waals surface area contributed by atoms with Crippen molar-refractivity contribution in [2.24, 2.45) is 0 Å². The third-order valence-corrected chi connectivity index (χ3v) is 3.56. The minimum atomic E-state index is -0.539. The molecule has 2 aromatic carbocycles. The summed E-state index contributed by atoms with van der Waals surface area (Å²) in [6, 6.07) is 19.8. The van der Waals surface area contributed by atoms with Crippen LogP contribution in [-0.2, 0) is 4.74 Å². The van der Waals surface area contributed by atoms with Gasteiger partial charge >= 0.3 is 6.09 Å². The molecule has 0 aliphatic heterocycles. The quantitative estimate of drug-likeness (QED) is 0.616.